The third kappa shape index (κ3) is 33.5. The number of hydrogen-bond donors (Lipinski definition) is 6. The quantitative estimate of drug-likeness (QED) is 0.0368. The fraction of sp³-hybridized carbons (Fsp3) is 0.660. The fourth-order valence-electron chi connectivity index (χ4n) is 18.1. The van der Waals surface area contributed by atoms with Crippen LogP contribution in [0, 0.1) is 40.9 Å². The molecule has 1 unspecified atom stereocenters. The SMILES string of the molecule is CC(C)c1ccc(N2CCC(C(=O)O)CC2)cn1.CC(C)c1ccc(N2CCC(C(C)O)CC2)cn1.CC(C)c1ccc(N2CCC(C)(CO)CC2)cn1.CC(C)c1ccc(N2CCC(CN3CCOCC3)CC2)cn1.CC(C)c1ccc(N2CCC(CO)CC2)cn1.CC(C)c1ccc(N2CCC([C@@H](C)O)CC2)cn1.CC(C)c1ccc(N2CCC([C@H](C)O)CC2)cn1. The van der Waals surface area contributed by atoms with Crippen LogP contribution in [0.4, 0.5) is 39.8 Å². The Morgan fingerprint density at radius 2 is 0.543 bits per heavy atom. The molecule has 0 aromatic carbocycles. The zero-order valence-electron chi connectivity index (χ0n) is 82.3. The number of piperidine rings is 7. The lowest BCUT2D eigenvalue weighted by molar-refractivity contribution is -0.142. The molecule has 129 heavy (non-hydrogen) atoms. The molecule has 0 radical (unpaired) electrons. The van der Waals surface area contributed by atoms with Crippen molar-refractivity contribution in [1.82, 2.24) is 39.8 Å². The minimum atomic E-state index is -0.664. The van der Waals surface area contributed by atoms with Gasteiger partial charge in [0.25, 0.3) is 0 Å². The topological polar surface area (TPSA) is 264 Å². The van der Waals surface area contributed by atoms with Crippen molar-refractivity contribution >= 4 is 45.8 Å². The Morgan fingerprint density at radius 3 is 0.736 bits per heavy atom. The number of ether oxygens (including phenoxy) is 1. The van der Waals surface area contributed by atoms with Gasteiger partial charge in [-0.2, -0.15) is 0 Å². The van der Waals surface area contributed by atoms with E-state index in [0.29, 0.717) is 78.3 Å². The molecule has 6 N–H and O–H groups in total. The lowest BCUT2D eigenvalue weighted by Crippen LogP contribution is -2.42. The number of morpholine rings is 1. The molecule has 7 aromatic heterocycles. The maximum Gasteiger partial charge on any atom is 0.306 e. The predicted molar refractivity (Wildman–Crippen MR) is 532 cm³/mol. The molecule has 8 saturated heterocycles. The molecule has 8 aliphatic rings. The van der Waals surface area contributed by atoms with Crippen molar-refractivity contribution in [3.63, 3.8) is 0 Å². The minimum Gasteiger partial charge on any atom is -0.481 e. The fourth-order valence-corrected chi connectivity index (χ4v) is 18.1. The highest BCUT2D eigenvalue weighted by molar-refractivity contribution is 5.70. The van der Waals surface area contributed by atoms with Gasteiger partial charge in [0, 0.05) is 164 Å². The van der Waals surface area contributed by atoms with E-state index in [-0.39, 0.29) is 29.6 Å². The summed E-state index contributed by atoms with van der Waals surface area (Å²) in [6, 6.07) is 30.0. The van der Waals surface area contributed by atoms with Crippen LogP contribution in [0.2, 0.25) is 0 Å². The number of hydrogen-bond acceptors (Lipinski definition) is 22. The van der Waals surface area contributed by atoms with Crippen LogP contribution >= 0.6 is 0 Å². The Labute approximate surface area is 776 Å². The van der Waals surface area contributed by atoms with Gasteiger partial charge >= 0.3 is 5.97 Å². The van der Waals surface area contributed by atoms with Crippen molar-refractivity contribution in [1.29, 1.82) is 0 Å². The van der Waals surface area contributed by atoms with E-state index in [1.54, 1.807) is 0 Å². The van der Waals surface area contributed by atoms with Crippen LogP contribution in [0.1, 0.15) is 296 Å². The number of aliphatic hydroxyl groups is 5. The van der Waals surface area contributed by atoms with E-state index < -0.39 is 5.97 Å². The molecule has 23 heteroatoms. The zero-order valence-corrected chi connectivity index (χ0v) is 82.3. The normalized spacial score (nSPS) is 19.2. The summed E-state index contributed by atoms with van der Waals surface area (Å²) in [5, 5.41) is 56.3. The van der Waals surface area contributed by atoms with Crippen molar-refractivity contribution in [3.05, 3.63) is 168 Å². The zero-order chi connectivity index (χ0) is 93.3. The molecule has 7 aromatic rings. The molecular formula is C106H167N15O8. The highest BCUT2D eigenvalue weighted by Crippen LogP contribution is 2.36. The second-order valence-electron chi connectivity index (χ2n) is 40.4. The van der Waals surface area contributed by atoms with Gasteiger partial charge in [-0.3, -0.25) is 44.6 Å². The number of rotatable bonds is 22. The average molecular weight is 1780 g/mol. The van der Waals surface area contributed by atoms with Crippen molar-refractivity contribution in [3.8, 4) is 0 Å². The first-order chi connectivity index (χ1) is 61.8. The van der Waals surface area contributed by atoms with Gasteiger partial charge < -0.3 is 69.7 Å². The molecule has 3 atom stereocenters. The van der Waals surface area contributed by atoms with Crippen LogP contribution in [0.15, 0.2) is 128 Å². The van der Waals surface area contributed by atoms with Crippen LogP contribution in [-0.4, -0.2) is 232 Å². The molecule has 15 rings (SSSR count). The number of anilines is 7. The molecule has 0 aliphatic carbocycles. The summed E-state index contributed by atoms with van der Waals surface area (Å²) in [5.74, 6) is 5.27. The van der Waals surface area contributed by atoms with E-state index in [4.69, 9.17) is 14.9 Å². The molecule has 0 bridgehead atoms. The number of nitrogens with zero attached hydrogens (tertiary/aromatic N) is 15. The van der Waals surface area contributed by atoms with Crippen LogP contribution < -0.4 is 34.3 Å². The summed E-state index contributed by atoms with van der Waals surface area (Å²) in [7, 11) is 0. The molecule has 0 amide bonds. The van der Waals surface area contributed by atoms with Gasteiger partial charge in [0.15, 0.2) is 0 Å². The van der Waals surface area contributed by atoms with Crippen LogP contribution in [0.3, 0.4) is 0 Å². The highest BCUT2D eigenvalue weighted by atomic mass is 16.5. The Balaban J connectivity index is 0.000000170. The Morgan fingerprint density at radius 1 is 0.326 bits per heavy atom. The number of carboxylic acids is 1. The molecule has 0 saturated carbocycles. The Kier molecular flexibility index (Phi) is 42.9. The van der Waals surface area contributed by atoms with E-state index >= 15 is 0 Å². The summed E-state index contributed by atoms with van der Waals surface area (Å²) in [6.07, 6.45) is 28.1. The minimum absolute atomic E-state index is 0.113. The predicted octanol–water partition coefficient (Wildman–Crippen LogP) is 18.9. The van der Waals surface area contributed by atoms with E-state index in [9.17, 15) is 25.2 Å². The average Bonchev–Trinajstić information content (AvgIpc) is 0.816. The largest absolute Gasteiger partial charge is 0.481 e. The summed E-state index contributed by atoms with van der Waals surface area (Å²) >= 11 is 0. The summed E-state index contributed by atoms with van der Waals surface area (Å²) in [4.78, 5) is 61.6. The van der Waals surface area contributed by atoms with E-state index in [0.717, 1.165) is 241 Å². The first-order valence-corrected chi connectivity index (χ1v) is 49.5. The maximum atomic E-state index is 10.9. The monoisotopic (exact) mass is 1780 g/mol. The number of carboxylic acid groups (broad SMARTS) is 1. The molecule has 8 fully saturated rings. The van der Waals surface area contributed by atoms with Crippen LogP contribution in [-0.2, 0) is 9.53 Å². The van der Waals surface area contributed by atoms with Crippen molar-refractivity contribution < 1.29 is 40.2 Å². The first-order valence-electron chi connectivity index (χ1n) is 49.5. The van der Waals surface area contributed by atoms with Gasteiger partial charge in [0.2, 0.25) is 0 Å². The lowest BCUT2D eigenvalue weighted by Gasteiger charge is -2.39. The van der Waals surface area contributed by atoms with Crippen LogP contribution in [0.25, 0.3) is 0 Å². The van der Waals surface area contributed by atoms with Gasteiger partial charge in [-0.05, 0) is 272 Å². The van der Waals surface area contributed by atoms with Crippen molar-refractivity contribution in [2.45, 2.75) is 274 Å². The number of pyridine rings is 7. The standard InChI is InChI=1S/C18H29N3O.4C15H24N2O.C14H20N2O2.C14H22N2O/c1-15(2)18-4-3-17(13-19-18)21-7-5-16(6-8-21)14-20-9-11-22-12-10-20;1-12(2)14-5-4-13(10-16-14)17-8-6-15(3,11-18)7-9-17;3*1-11(2)15-5-4-14(10-16-15)17-8-6-13(7-9-17)12(3)18;1-10(2)13-4-3-12(9-15-13)16-7-5-11(6-8-16)14(17)18;1-11(2)14-4-3-13(9-15-14)16-7-5-12(10-17)6-8-16/h3-4,13,15-16H,5-12,14H2,1-2H3;4-5,10,12,18H,6-9,11H2,1-3H3;3*4-5,10-13,18H,6-9H2,1-3H3;3-4,9-11H,5-8H2,1-2H3,(H,17,18);3-4,9,11-12,17H,5-8,10H2,1-2H3/t;;2*12-;;;/m..10.../s1. The van der Waals surface area contributed by atoms with Gasteiger partial charge in [-0.1, -0.05) is 104 Å². The summed E-state index contributed by atoms with van der Waals surface area (Å²) in [6.45, 7) is 58.3. The van der Waals surface area contributed by atoms with Gasteiger partial charge in [-0.15, -0.1) is 0 Å². The highest BCUT2D eigenvalue weighted by Gasteiger charge is 2.32. The van der Waals surface area contributed by atoms with Gasteiger partial charge in [0.1, 0.15) is 0 Å². The number of aliphatic carboxylic acids is 1. The number of aliphatic hydroxyl groups excluding tert-OH is 5. The van der Waals surface area contributed by atoms with E-state index in [1.165, 1.54) is 59.2 Å². The third-order valence-electron chi connectivity index (χ3n) is 28.1. The van der Waals surface area contributed by atoms with Crippen molar-refractivity contribution in [2.24, 2.45) is 40.9 Å². The molecule has 15 heterocycles. The van der Waals surface area contributed by atoms with E-state index in [1.807, 2.05) is 58.0 Å². The van der Waals surface area contributed by atoms with Crippen LogP contribution in [0.5, 0.6) is 0 Å². The van der Waals surface area contributed by atoms with Gasteiger partial charge in [-0.25, -0.2) is 0 Å². The second-order valence-corrected chi connectivity index (χ2v) is 40.4. The summed E-state index contributed by atoms with van der Waals surface area (Å²) in [5.41, 5.74) is 16.6. The van der Waals surface area contributed by atoms with E-state index in [2.05, 4.69) is 269 Å². The molecule has 0 spiro atoms. The van der Waals surface area contributed by atoms with Gasteiger partial charge in [0.05, 0.1) is 121 Å². The van der Waals surface area contributed by atoms with Crippen molar-refractivity contribution in [2.75, 3.05) is 172 Å². The summed E-state index contributed by atoms with van der Waals surface area (Å²) < 4.78 is 5.43. The molecule has 8 aliphatic heterocycles. The lowest BCUT2D eigenvalue weighted by atomic mass is 9.81. The first kappa shape index (κ1) is 105. The molecule has 23 nitrogen and oxygen atoms in total. The number of carbonyl (C=O) groups is 1. The third-order valence-corrected chi connectivity index (χ3v) is 28.1. The second kappa shape index (κ2) is 52.9. The Bertz CT molecular complexity index is 4010. The Hall–Kier alpha value is -8.16. The molecular weight excluding hydrogens is 1610 g/mol. The molecule has 714 valence electrons. The maximum absolute atomic E-state index is 10.9. The smallest absolute Gasteiger partial charge is 0.306 e. The number of aromatic nitrogens is 7.